The van der Waals surface area contributed by atoms with Crippen LogP contribution < -0.4 is 86.0 Å². The summed E-state index contributed by atoms with van der Waals surface area (Å²) in [7, 11) is 11.9. The first-order valence-corrected chi connectivity index (χ1v) is 42.5. The topological polar surface area (TPSA) is 495 Å². The average molecular weight is 1790 g/mol. The molecule has 0 bridgehead atoms. The molecule has 14 aromatic rings. The molecule has 0 aliphatic heterocycles. The van der Waals surface area contributed by atoms with Crippen molar-refractivity contribution in [1.29, 1.82) is 0 Å². The molecule has 131 heavy (non-hydrogen) atoms. The van der Waals surface area contributed by atoms with Gasteiger partial charge in [-0.3, -0.25) is 47.5 Å². The highest BCUT2D eigenvalue weighted by Crippen LogP contribution is 2.35. The Morgan fingerprint density at radius 3 is 1.25 bits per heavy atom. The van der Waals surface area contributed by atoms with E-state index in [4.69, 9.17) is 14.2 Å². The number of aromatic nitrogens is 18. The number of aliphatic hydroxyl groups excluding tert-OH is 1. The van der Waals surface area contributed by atoms with Crippen LogP contribution in [0.3, 0.4) is 0 Å². The van der Waals surface area contributed by atoms with Crippen molar-refractivity contribution in [3.05, 3.63) is 235 Å². The normalized spacial score (nSPS) is 19.6. The lowest BCUT2D eigenvalue weighted by Crippen LogP contribution is -2.39. The minimum Gasteiger partial charge on any atom is -0.391 e. The molecule has 20 rings (SSSR count). The molecular formula is C87H94F2N30O12. The number of pyridine rings is 6. The molecule has 10 atom stereocenters. The monoisotopic (exact) mass is 1790 g/mol. The number of aliphatic hydroxyl groups is 1. The number of alkyl halides is 1. The highest BCUT2D eigenvalue weighted by molar-refractivity contribution is 6.03. The summed E-state index contributed by atoms with van der Waals surface area (Å²) in [5, 5.41) is 62.8. The summed E-state index contributed by atoms with van der Waals surface area (Å²) in [6, 6.07) is 27.9. The number of ether oxygens (including phenoxy) is 3. The van der Waals surface area contributed by atoms with Gasteiger partial charge < -0.3 is 92.3 Å². The molecule has 14 heterocycles. The molecule has 13 N–H and O–H groups in total. The molecule has 44 heteroatoms. The first-order valence-electron chi connectivity index (χ1n) is 42.5. The van der Waals surface area contributed by atoms with Crippen molar-refractivity contribution >= 4 is 116 Å². The van der Waals surface area contributed by atoms with Gasteiger partial charge in [0.05, 0.1) is 73.4 Å². The first kappa shape index (κ1) is 87.6. The van der Waals surface area contributed by atoms with Crippen molar-refractivity contribution in [3.63, 3.8) is 0 Å². The largest absolute Gasteiger partial charge is 0.391 e. The maximum Gasteiger partial charge on any atom is 0.280 e. The molecule has 0 radical (unpaired) electrons. The van der Waals surface area contributed by atoms with Crippen LogP contribution in [0.4, 0.5) is 78.1 Å². The van der Waals surface area contributed by atoms with E-state index >= 15 is 0 Å². The Hall–Kier alpha value is -15.4. The third-order valence-corrected chi connectivity index (χ3v) is 23.2. The van der Waals surface area contributed by atoms with E-state index in [-0.39, 0.29) is 111 Å². The quantitative estimate of drug-likeness (QED) is 0.0242. The Bertz CT molecular complexity index is 6910. The number of hydrogen-bond donors (Lipinski definition) is 13. The minimum absolute atomic E-state index is 0.00744. The van der Waals surface area contributed by atoms with Gasteiger partial charge in [0, 0.05) is 129 Å². The van der Waals surface area contributed by atoms with E-state index in [1.165, 1.54) is 72.0 Å². The van der Waals surface area contributed by atoms with Crippen LogP contribution in [-0.4, -0.2) is 220 Å². The Morgan fingerprint density at radius 1 is 0.435 bits per heavy atom. The summed E-state index contributed by atoms with van der Waals surface area (Å²) in [4.78, 5) is 129. The Labute approximate surface area is 743 Å². The van der Waals surface area contributed by atoms with E-state index < -0.39 is 35.6 Å². The fraction of sp³-hybridized carbons (Fsp3) is 0.333. The van der Waals surface area contributed by atoms with Crippen LogP contribution in [0.2, 0.25) is 0 Å². The molecule has 0 saturated heterocycles. The van der Waals surface area contributed by atoms with Gasteiger partial charge in [0.1, 0.15) is 104 Å². The van der Waals surface area contributed by atoms with Crippen molar-refractivity contribution in [2.75, 3.05) is 92.1 Å². The van der Waals surface area contributed by atoms with E-state index in [2.05, 4.69) is 114 Å². The van der Waals surface area contributed by atoms with Gasteiger partial charge in [0.2, 0.25) is 0 Å². The van der Waals surface area contributed by atoms with E-state index in [1.807, 2.05) is 18.3 Å². The number of methoxy groups -OCH3 is 3. The zero-order valence-electron chi connectivity index (χ0n) is 72.0. The highest BCUT2D eigenvalue weighted by Gasteiger charge is 2.42. The number of fused-ring (bicyclic) bond motifs is 4. The van der Waals surface area contributed by atoms with Crippen molar-refractivity contribution < 1.29 is 47.3 Å². The molecule has 0 aromatic carbocycles. The van der Waals surface area contributed by atoms with Crippen LogP contribution in [0.1, 0.15) is 124 Å². The van der Waals surface area contributed by atoms with E-state index in [0.29, 0.717) is 110 Å². The van der Waals surface area contributed by atoms with Gasteiger partial charge in [-0.2, -0.15) is 38.5 Å². The van der Waals surface area contributed by atoms with Gasteiger partial charge in [0.15, 0.2) is 34.2 Å². The summed E-state index contributed by atoms with van der Waals surface area (Å²) in [5.74, 6) is 2.36. The highest BCUT2D eigenvalue weighted by atomic mass is 19.1. The number of carbonyl (C=O) groups is 4. The molecule has 14 aromatic heterocycles. The molecule has 0 unspecified atom stereocenters. The standard InChI is InChI=1S/C23H29N7O3.C22H21FN8O3.C22H22N8O3.C20H22FN7O3/c1-24-20-12-19(28-21-17(13-25-30(20)21)22(31)26-14-8-9-14)27-18-7-4-10-29(23(18)32)15-5-3-6-16(11-15)33-2;1-24-18-10-17(27-14-6-4-8-30(22(14)33)20-13(23)5-3-7-25-20)29-19-12(11-26-31(18)19)21(32)28-15-9-16(15)34-2;1-23-19-11-17(26-14-6-5-9-29(22(14)32)18-7-3-4-8-24-18)28-20-13(12-25-30(19)20)21(31)27-15-10-16(15)33-2;1-22-17-8-16(24-12-3-2-6-27(20(12)31)14-4-5-15(14)29)26-18-10(9-23-28(17)18)19(30)25-13-7-11(13)21/h4,7,10,12-16,24H,3,5-6,8-9,11H2,1-2H3,(H,26,31)(H,27,28);3-8,10-11,15-16,24H,9H2,1-2H3,(H,27,29)(H,28,32);3-9,11-12,15-16,23H,10H2,1-2H3,(H,26,28)(H,27,31);2-3,6,8-9,11,13-15,22,29H,4-5,7H2,1H3,(H,24,26)(H,25,30)/t3*15-,16-;11-,13+,14+,15+/m0010/s1. The van der Waals surface area contributed by atoms with Gasteiger partial charge in [-0.05, 0) is 137 Å². The molecule has 6 saturated carbocycles. The number of hydrogen-bond acceptors (Lipinski definition) is 30. The third kappa shape index (κ3) is 18.8. The predicted octanol–water partition coefficient (Wildman–Crippen LogP) is 7.21. The molecule has 4 amide bonds. The fourth-order valence-corrected chi connectivity index (χ4v) is 15.4. The zero-order chi connectivity index (χ0) is 91.4. The molecule has 678 valence electrons. The van der Waals surface area contributed by atoms with Gasteiger partial charge in [-0.1, -0.05) is 6.07 Å². The number of nitrogens with zero attached hydrogens (tertiary/aromatic N) is 18. The van der Waals surface area contributed by atoms with Gasteiger partial charge in [0.25, 0.3) is 45.9 Å². The smallest absolute Gasteiger partial charge is 0.280 e. The number of halogens is 2. The summed E-state index contributed by atoms with van der Waals surface area (Å²) in [6.07, 6.45) is 23.2. The van der Waals surface area contributed by atoms with E-state index in [9.17, 15) is 52.2 Å². The van der Waals surface area contributed by atoms with Crippen LogP contribution in [-0.2, 0) is 14.2 Å². The Balaban J connectivity index is 0.000000122. The second-order valence-corrected chi connectivity index (χ2v) is 31.9. The second kappa shape index (κ2) is 37.9. The number of amides is 4. The van der Waals surface area contributed by atoms with Crippen LogP contribution >= 0.6 is 0 Å². The lowest BCUT2D eigenvalue weighted by atomic mass is 9.89. The maximum absolute atomic E-state index is 14.2. The van der Waals surface area contributed by atoms with Crippen molar-refractivity contribution in [3.8, 4) is 11.6 Å². The number of nitrogens with one attached hydrogen (secondary N) is 12. The zero-order valence-corrected chi connectivity index (χ0v) is 72.0. The van der Waals surface area contributed by atoms with E-state index in [1.54, 1.807) is 156 Å². The molecule has 6 aliphatic rings. The average Bonchev–Trinajstić information content (AvgIpc) is 1.75. The molecule has 6 fully saturated rings. The number of rotatable bonds is 27. The van der Waals surface area contributed by atoms with Crippen LogP contribution in [0.25, 0.3) is 34.2 Å². The minimum atomic E-state index is -1.02. The Morgan fingerprint density at radius 2 is 0.855 bits per heavy atom. The predicted molar refractivity (Wildman–Crippen MR) is 481 cm³/mol. The molecular weight excluding hydrogens is 1700 g/mol. The second-order valence-electron chi connectivity index (χ2n) is 31.9. The van der Waals surface area contributed by atoms with Crippen molar-refractivity contribution in [2.24, 2.45) is 0 Å². The van der Waals surface area contributed by atoms with E-state index in [0.717, 1.165) is 62.4 Å². The Kier molecular flexibility index (Phi) is 25.3. The lowest BCUT2D eigenvalue weighted by molar-refractivity contribution is 0.0300. The van der Waals surface area contributed by atoms with Gasteiger partial charge in [-0.25, -0.2) is 38.7 Å². The SMILES string of the molecule is CNc1cc(Nc2cccn(-c3ccccn3)c2=O)nc2c(C(=O)N[C@@H]3C[C@H]3OC)cnn12.CNc1cc(Nc2cccn(-c3ncccc3F)c2=O)nc2c(C(=O)N[C@H]3C[C@@H]3OC)cnn12.CNc1cc(Nc2cccn([C@@H]3CC[C@H]3O)c2=O)nc2c(C(=O)N[C@@H]3C[C@@H]3F)cnn12.CNc1cc(Nc2cccn([C@H]3CCC[C@H](OC)C3)c2=O)nc2c(C(=O)NC3CC3)cnn12. The summed E-state index contributed by atoms with van der Waals surface area (Å²) < 4.78 is 55.3. The van der Waals surface area contributed by atoms with Crippen molar-refractivity contribution in [1.82, 2.24) is 108 Å². The summed E-state index contributed by atoms with van der Waals surface area (Å²) in [6.45, 7) is 0. The number of carbonyl (C=O) groups excluding carboxylic acids is 4. The van der Waals surface area contributed by atoms with Gasteiger partial charge >= 0.3 is 0 Å². The lowest BCUT2D eigenvalue weighted by Gasteiger charge is -2.34. The molecule has 6 aliphatic carbocycles. The molecule has 42 nitrogen and oxygen atoms in total. The van der Waals surface area contributed by atoms with Crippen molar-refractivity contribution in [2.45, 2.75) is 137 Å². The van der Waals surface area contributed by atoms with Crippen LogP contribution in [0.5, 0.6) is 0 Å². The third-order valence-electron chi connectivity index (χ3n) is 23.2. The van der Waals surface area contributed by atoms with Crippen LogP contribution in [0.15, 0.2) is 184 Å². The fourth-order valence-electron chi connectivity index (χ4n) is 15.4. The van der Waals surface area contributed by atoms with Crippen LogP contribution in [0, 0.1) is 5.82 Å². The molecule has 0 spiro atoms. The first-order chi connectivity index (χ1) is 63.6. The summed E-state index contributed by atoms with van der Waals surface area (Å²) >= 11 is 0. The number of anilines is 12. The summed E-state index contributed by atoms with van der Waals surface area (Å²) in [5.41, 5.74) is 2.60. The van der Waals surface area contributed by atoms with Gasteiger partial charge in [-0.15, -0.1) is 0 Å². The maximum atomic E-state index is 14.2.